The standard InChI is InChI=1S/C14H14F3N3O7/c1-2-27-11(22)9-10(7-5-6(20(25)26)3-4-8(7)21)18-12(23)19-13(9,24)14(15,16)17/h3-5,9-10,21,24H,2H2,1H3,(H2,18,19,23)/t9-,10-,13-/m1/s1. The number of urea groups is 1. The van der Waals surface area contributed by atoms with E-state index in [4.69, 9.17) is 0 Å². The lowest BCUT2D eigenvalue weighted by atomic mass is 9.81. The molecule has 1 saturated heterocycles. The highest BCUT2D eigenvalue weighted by Crippen LogP contribution is 2.45. The Balaban J connectivity index is 2.68. The van der Waals surface area contributed by atoms with Crippen LogP contribution in [0, 0.1) is 16.0 Å². The van der Waals surface area contributed by atoms with Crippen LogP contribution in [0.4, 0.5) is 23.7 Å². The maximum atomic E-state index is 13.5. The van der Waals surface area contributed by atoms with E-state index in [1.165, 1.54) is 12.2 Å². The van der Waals surface area contributed by atoms with Gasteiger partial charge in [-0.2, -0.15) is 13.2 Å². The third-order valence-corrected chi connectivity index (χ3v) is 3.90. The molecular formula is C14H14F3N3O7. The predicted octanol–water partition coefficient (Wildman–Crippen LogP) is 1.08. The van der Waals surface area contributed by atoms with Gasteiger partial charge in [0.2, 0.25) is 0 Å². The third kappa shape index (κ3) is 3.58. The minimum Gasteiger partial charge on any atom is -0.508 e. The summed E-state index contributed by atoms with van der Waals surface area (Å²) in [6, 6.07) is -1.10. The molecule has 0 saturated carbocycles. The number of nitrogens with one attached hydrogen (secondary N) is 2. The second kappa shape index (κ2) is 6.90. The van der Waals surface area contributed by atoms with Crippen molar-refractivity contribution in [3.63, 3.8) is 0 Å². The van der Waals surface area contributed by atoms with Crippen LogP contribution in [0.25, 0.3) is 0 Å². The van der Waals surface area contributed by atoms with Gasteiger partial charge in [0.05, 0.1) is 17.6 Å². The number of esters is 1. The van der Waals surface area contributed by atoms with Crippen molar-refractivity contribution in [2.45, 2.75) is 24.9 Å². The first-order valence-electron chi connectivity index (χ1n) is 7.44. The fraction of sp³-hybridized carbons (Fsp3) is 0.429. The molecule has 1 heterocycles. The maximum Gasteiger partial charge on any atom is 0.437 e. The van der Waals surface area contributed by atoms with E-state index >= 15 is 0 Å². The molecule has 27 heavy (non-hydrogen) atoms. The molecular weight excluding hydrogens is 379 g/mol. The van der Waals surface area contributed by atoms with Gasteiger partial charge in [-0.3, -0.25) is 14.9 Å². The highest BCUT2D eigenvalue weighted by Gasteiger charge is 2.67. The molecule has 0 radical (unpaired) electrons. The Labute approximate surface area is 149 Å². The lowest BCUT2D eigenvalue weighted by molar-refractivity contribution is -0.385. The van der Waals surface area contributed by atoms with E-state index in [9.17, 15) is 43.1 Å². The summed E-state index contributed by atoms with van der Waals surface area (Å²) in [5.41, 5.74) is -5.22. The number of aliphatic hydroxyl groups is 1. The molecule has 1 aromatic carbocycles. The summed E-state index contributed by atoms with van der Waals surface area (Å²) in [6.07, 6.45) is -5.50. The number of aromatic hydroxyl groups is 1. The number of carbonyl (C=O) groups excluding carboxylic acids is 2. The number of non-ortho nitro benzene ring substituents is 1. The molecule has 0 aromatic heterocycles. The number of ether oxygens (including phenoxy) is 1. The first kappa shape index (κ1) is 20.2. The second-order valence-electron chi connectivity index (χ2n) is 5.57. The van der Waals surface area contributed by atoms with Crippen molar-refractivity contribution in [1.29, 1.82) is 0 Å². The molecule has 3 atom stereocenters. The molecule has 1 fully saturated rings. The van der Waals surface area contributed by atoms with Gasteiger partial charge in [-0.25, -0.2) is 4.79 Å². The lowest BCUT2D eigenvalue weighted by Crippen LogP contribution is -2.73. The minimum absolute atomic E-state index is 0.342. The third-order valence-electron chi connectivity index (χ3n) is 3.90. The van der Waals surface area contributed by atoms with Crippen molar-refractivity contribution >= 4 is 17.7 Å². The van der Waals surface area contributed by atoms with Crippen LogP contribution < -0.4 is 10.6 Å². The molecule has 4 N–H and O–H groups in total. The number of phenols is 1. The quantitative estimate of drug-likeness (QED) is 0.339. The Morgan fingerprint density at radius 1 is 1.44 bits per heavy atom. The molecule has 1 aliphatic heterocycles. The van der Waals surface area contributed by atoms with Crippen molar-refractivity contribution in [1.82, 2.24) is 10.6 Å². The van der Waals surface area contributed by atoms with Gasteiger partial charge in [0.1, 0.15) is 11.7 Å². The molecule has 0 spiro atoms. The molecule has 2 amide bonds. The van der Waals surface area contributed by atoms with Gasteiger partial charge in [0, 0.05) is 17.7 Å². The van der Waals surface area contributed by atoms with Crippen LogP contribution in [-0.2, 0) is 9.53 Å². The van der Waals surface area contributed by atoms with Crippen molar-refractivity contribution in [3.05, 3.63) is 33.9 Å². The van der Waals surface area contributed by atoms with Crippen molar-refractivity contribution in [2.24, 2.45) is 5.92 Å². The van der Waals surface area contributed by atoms with Crippen LogP contribution in [0.1, 0.15) is 18.5 Å². The normalized spacial score (nSPS) is 25.3. The fourth-order valence-corrected chi connectivity index (χ4v) is 2.70. The topological polar surface area (TPSA) is 151 Å². The summed E-state index contributed by atoms with van der Waals surface area (Å²) in [5, 5.41) is 34.2. The van der Waals surface area contributed by atoms with E-state index in [0.717, 1.165) is 12.1 Å². The zero-order valence-corrected chi connectivity index (χ0v) is 13.6. The summed E-state index contributed by atoms with van der Waals surface area (Å²) < 4.78 is 45.0. The van der Waals surface area contributed by atoms with Crippen molar-refractivity contribution < 1.29 is 42.6 Å². The average Bonchev–Trinajstić information content (AvgIpc) is 2.53. The number of halogens is 3. The summed E-state index contributed by atoms with van der Waals surface area (Å²) in [5.74, 6) is -4.77. The Bertz CT molecular complexity index is 786. The zero-order valence-electron chi connectivity index (χ0n) is 13.6. The fourth-order valence-electron chi connectivity index (χ4n) is 2.70. The first-order chi connectivity index (χ1) is 12.4. The van der Waals surface area contributed by atoms with Gasteiger partial charge in [0.25, 0.3) is 11.4 Å². The number of benzene rings is 1. The van der Waals surface area contributed by atoms with E-state index in [-0.39, 0.29) is 6.61 Å². The Morgan fingerprint density at radius 3 is 2.59 bits per heavy atom. The van der Waals surface area contributed by atoms with Crippen LogP contribution in [-0.4, -0.2) is 45.6 Å². The van der Waals surface area contributed by atoms with Crippen molar-refractivity contribution in [2.75, 3.05) is 6.61 Å². The number of alkyl halides is 3. The molecule has 2 rings (SSSR count). The van der Waals surface area contributed by atoms with E-state index in [0.29, 0.717) is 6.07 Å². The van der Waals surface area contributed by atoms with E-state index < -0.39 is 57.8 Å². The number of hydrogen-bond donors (Lipinski definition) is 4. The van der Waals surface area contributed by atoms with Gasteiger partial charge in [-0.15, -0.1) is 0 Å². The molecule has 1 aromatic rings. The van der Waals surface area contributed by atoms with Gasteiger partial charge in [0.15, 0.2) is 0 Å². The SMILES string of the molecule is CCOC(=O)[C@H]1[C@@H](c2cc([N+](=O)[O-])ccc2O)NC(=O)N[C@]1(O)C(F)(F)F. The first-order valence-corrected chi connectivity index (χ1v) is 7.44. The highest BCUT2D eigenvalue weighted by molar-refractivity contribution is 5.83. The smallest absolute Gasteiger partial charge is 0.437 e. The van der Waals surface area contributed by atoms with Crippen LogP contribution in [0.3, 0.4) is 0 Å². The zero-order chi connectivity index (χ0) is 20.6. The van der Waals surface area contributed by atoms with Gasteiger partial charge in [-0.05, 0) is 13.0 Å². The summed E-state index contributed by atoms with van der Waals surface area (Å²) >= 11 is 0. The number of phenolic OH excluding ortho intramolecular Hbond substituents is 1. The Kier molecular flexibility index (Phi) is 5.17. The molecule has 0 aliphatic carbocycles. The summed E-state index contributed by atoms with van der Waals surface area (Å²) in [7, 11) is 0. The molecule has 13 heteroatoms. The number of amides is 2. The molecule has 0 unspecified atom stereocenters. The number of carbonyl (C=O) groups is 2. The average molecular weight is 393 g/mol. The maximum absolute atomic E-state index is 13.5. The number of hydrogen-bond acceptors (Lipinski definition) is 7. The second-order valence-corrected chi connectivity index (χ2v) is 5.57. The summed E-state index contributed by atoms with van der Waals surface area (Å²) in [4.78, 5) is 33.9. The summed E-state index contributed by atoms with van der Waals surface area (Å²) in [6.45, 7) is 0.962. The van der Waals surface area contributed by atoms with Crippen molar-refractivity contribution in [3.8, 4) is 5.75 Å². The molecule has 1 aliphatic rings. The lowest BCUT2D eigenvalue weighted by Gasteiger charge is -2.44. The van der Waals surface area contributed by atoms with Gasteiger partial charge < -0.3 is 25.6 Å². The molecule has 148 valence electrons. The number of rotatable bonds is 4. The largest absolute Gasteiger partial charge is 0.508 e. The monoisotopic (exact) mass is 393 g/mol. The van der Waals surface area contributed by atoms with E-state index in [1.54, 1.807) is 0 Å². The van der Waals surface area contributed by atoms with Crippen LogP contribution in [0.2, 0.25) is 0 Å². The van der Waals surface area contributed by atoms with Crippen LogP contribution >= 0.6 is 0 Å². The van der Waals surface area contributed by atoms with Gasteiger partial charge in [-0.1, -0.05) is 0 Å². The highest BCUT2D eigenvalue weighted by atomic mass is 19.4. The Morgan fingerprint density at radius 2 is 2.07 bits per heavy atom. The molecule has 10 nitrogen and oxygen atoms in total. The number of nitro benzene ring substituents is 1. The number of nitrogens with zero attached hydrogens (tertiary/aromatic N) is 1. The minimum atomic E-state index is -5.50. The predicted molar refractivity (Wildman–Crippen MR) is 80.3 cm³/mol. The van der Waals surface area contributed by atoms with E-state index in [2.05, 4.69) is 4.74 Å². The Hall–Kier alpha value is -3.09. The van der Waals surface area contributed by atoms with Crippen LogP contribution in [0.15, 0.2) is 18.2 Å². The van der Waals surface area contributed by atoms with E-state index in [1.807, 2.05) is 5.32 Å². The van der Waals surface area contributed by atoms with Gasteiger partial charge >= 0.3 is 18.2 Å². The number of nitro groups is 1. The van der Waals surface area contributed by atoms with Crippen LogP contribution in [0.5, 0.6) is 5.75 Å². The molecule has 0 bridgehead atoms.